The monoisotopic (exact) mass is 535 g/mol. The molecule has 208 valence electrons. The number of hydrogen-bond donors (Lipinski definition) is 4. The Kier molecular flexibility index (Phi) is 10.5. The van der Waals surface area contributed by atoms with E-state index in [1.165, 1.54) is 19.4 Å². The largest absolute Gasteiger partial charge is 0.550 e. The van der Waals surface area contributed by atoms with Gasteiger partial charge in [-0.05, 0) is 12.5 Å². The minimum atomic E-state index is -1.64. The van der Waals surface area contributed by atoms with Gasteiger partial charge in [0.05, 0.1) is 31.5 Å². The van der Waals surface area contributed by atoms with E-state index in [9.17, 15) is 35.1 Å². The molecule has 0 bridgehead atoms. The van der Waals surface area contributed by atoms with Crippen LogP contribution in [-0.2, 0) is 35.1 Å². The van der Waals surface area contributed by atoms with Crippen LogP contribution in [-0.4, -0.2) is 83.1 Å². The lowest BCUT2D eigenvalue weighted by Crippen LogP contribution is -2.60. The van der Waals surface area contributed by atoms with E-state index in [0.29, 0.717) is 13.0 Å². The molecular weight excluding hydrogens is 502 g/mol. The number of carbonyl (C=O) groups is 2. The first-order valence-electron chi connectivity index (χ1n) is 12.1. The van der Waals surface area contributed by atoms with Crippen LogP contribution in [0.4, 0.5) is 0 Å². The molecule has 2 aliphatic heterocycles. The van der Waals surface area contributed by atoms with Crippen LogP contribution in [0.3, 0.4) is 0 Å². The van der Waals surface area contributed by atoms with Gasteiger partial charge in [0.15, 0.2) is 18.7 Å². The van der Waals surface area contributed by atoms with Crippen LogP contribution < -0.4 is 9.67 Å². The van der Waals surface area contributed by atoms with Gasteiger partial charge in [-0.15, -0.1) is 6.58 Å². The van der Waals surface area contributed by atoms with Crippen molar-refractivity contribution in [1.82, 2.24) is 0 Å². The molecule has 1 fully saturated rings. The second-order valence-electron chi connectivity index (χ2n) is 8.95. The van der Waals surface area contributed by atoms with Gasteiger partial charge >= 0.3 is 5.97 Å². The zero-order valence-corrected chi connectivity index (χ0v) is 20.9. The number of aryl methyl sites for hydroxylation is 1. The average molecular weight is 536 g/mol. The summed E-state index contributed by atoms with van der Waals surface area (Å²) in [4.78, 5) is 23.2. The number of aromatic nitrogens is 1. The average Bonchev–Trinajstić information content (AvgIpc) is 2.91. The summed E-state index contributed by atoms with van der Waals surface area (Å²) in [5.74, 6) is -3.07. The molecule has 8 atom stereocenters. The van der Waals surface area contributed by atoms with Gasteiger partial charge in [-0.2, -0.15) is 0 Å². The summed E-state index contributed by atoms with van der Waals surface area (Å²) in [6, 6.07) is 3.63. The number of aliphatic carboxylic acids is 1. The molecule has 0 radical (unpaired) electrons. The quantitative estimate of drug-likeness (QED) is 0.142. The Morgan fingerprint density at radius 1 is 1.21 bits per heavy atom. The lowest BCUT2D eigenvalue weighted by Gasteiger charge is -2.42. The smallest absolute Gasteiger partial charge is 0.337 e. The van der Waals surface area contributed by atoms with Crippen LogP contribution in [0.1, 0.15) is 18.4 Å². The first-order chi connectivity index (χ1) is 18.2. The molecule has 3 rings (SSSR count). The third-order valence-corrected chi connectivity index (χ3v) is 6.40. The Hall–Kier alpha value is -3.13. The topological polar surface area (TPSA) is 179 Å². The Bertz CT molecular complexity index is 1040. The molecule has 1 saturated heterocycles. The maximum atomic E-state index is 12.5. The summed E-state index contributed by atoms with van der Waals surface area (Å²) in [6.07, 6.45) is 1.59. The number of ether oxygens (including phenoxy) is 4. The highest BCUT2D eigenvalue weighted by Gasteiger charge is 2.47. The third kappa shape index (κ3) is 7.04. The molecule has 12 nitrogen and oxygen atoms in total. The summed E-state index contributed by atoms with van der Waals surface area (Å²) >= 11 is 0. The van der Waals surface area contributed by atoms with E-state index in [4.69, 9.17) is 18.9 Å². The van der Waals surface area contributed by atoms with Crippen LogP contribution in [0.15, 0.2) is 55.1 Å². The standard InChI is InChI=1S/C26H33NO11/c1-3-16-17(9-8-15-6-4-10-27(12-15)11-5-7-20(29)30)18(24(34)35-2)14-36-25(16)38-26-23(33)22(32)21(31)19(13-28)37-26/h3-4,6,8-10,12,14,16-17,19,21-23,25-26,28,31-33H,1,5,7,11,13H2,2H3/b9-8+/t16-,17+,19-,21-,22+,23-,25+,26+/m1/s1. The van der Waals surface area contributed by atoms with Crippen LogP contribution >= 0.6 is 0 Å². The highest BCUT2D eigenvalue weighted by molar-refractivity contribution is 5.89. The van der Waals surface area contributed by atoms with Gasteiger partial charge in [-0.25, -0.2) is 9.36 Å². The second kappa shape index (κ2) is 13.6. The van der Waals surface area contributed by atoms with Crippen molar-refractivity contribution in [2.24, 2.45) is 11.8 Å². The maximum absolute atomic E-state index is 12.5. The molecule has 1 aromatic rings. The van der Waals surface area contributed by atoms with E-state index in [2.05, 4.69) is 6.58 Å². The van der Waals surface area contributed by atoms with Gasteiger partial charge in [0.2, 0.25) is 6.29 Å². The molecule has 0 aromatic carbocycles. The molecule has 0 saturated carbocycles. The number of aliphatic hydroxyl groups is 4. The van der Waals surface area contributed by atoms with Crippen molar-refractivity contribution >= 4 is 18.0 Å². The molecule has 3 heterocycles. The van der Waals surface area contributed by atoms with Crippen molar-refractivity contribution in [1.29, 1.82) is 0 Å². The van der Waals surface area contributed by atoms with Gasteiger partial charge < -0.3 is 49.3 Å². The number of pyridine rings is 1. The predicted octanol–water partition coefficient (Wildman–Crippen LogP) is -1.83. The molecule has 12 heteroatoms. The van der Waals surface area contributed by atoms with Crippen molar-refractivity contribution in [3.05, 3.63) is 60.7 Å². The molecule has 0 amide bonds. The maximum Gasteiger partial charge on any atom is 0.337 e. The number of carboxylic acids is 1. The lowest BCUT2D eigenvalue weighted by atomic mass is 9.83. The van der Waals surface area contributed by atoms with Crippen molar-refractivity contribution < 1.29 is 58.6 Å². The highest BCUT2D eigenvalue weighted by Crippen LogP contribution is 2.36. The summed E-state index contributed by atoms with van der Waals surface area (Å²) in [7, 11) is 1.23. The summed E-state index contributed by atoms with van der Waals surface area (Å²) < 4.78 is 23.6. The van der Waals surface area contributed by atoms with Gasteiger partial charge in [0, 0.05) is 29.9 Å². The molecule has 0 aliphatic carbocycles. The summed E-state index contributed by atoms with van der Waals surface area (Å²) in [6.45, 7) is 3.68. The zero-order valence-electron chi connectivity index (χ0n) is 20.9. The van der Waals surface area contributed by atoms with Crippen molar-refractivity contribution in [3.8, 4) is 0 Å². The fourth-order valence-electron chi connectivity index (χ4n) is 4.31. The normalized spacial score (nSPS) is 31.3. The SMILES string of the molecule is C=C[C@H]1[C@H](O[C@@H]2O[C@H](CO)[C@@H](O)[C@H](O)[C@H]2O)OC=C(C(=O)OC)[C@H]1/C=C/c1ccc[n+](CCCC(=O)[O-])c1. The number of methoxy groups -OCH3 is 1. The number of esters is 1. The van der Waals surface area contributed by atoms with Gasteiger partial charge in [0.1, 0.15) is 31.0 Å². The molecular formula is C26H33NO11. The number of nitrogens with zero attached hydrogens (tertiary/aromatic N) is 1. The Morgan fingerprint density at radius 3 is 2.63 bits per heavy atom. The molecule has 1 aromatic heterocycles. The lowest BCUT2D eigenvalue weighted by molar-refractivity contribution is -0.697. The van der Waals surface area contributed by atoms with Crippen molar-refractivity contribution in [3.63, 3.8) is 0 Å². The van der Waals surface area contributed by atoms with E-state index < -0.39 is 67.4 Å². The van der Waals surface area contributed by atoms with Crippen molar-refractivity contribution in [2.45, 2.75) is 56.4 Å². The Morgan fingerprint density at radius 2 is 1.97 bits per heavy atom. The van der Waals surface area contributed by atoms with Gasteiger partial charge in [0.25, 0.3) is 0 Å². The van der Waals surface area contributed by atoms with Crippen LogP contribution in [0.2, 0.25) is 0 Å². The second-order valence-corrected chi connectivity index (χ2v) is 8.95. The van der Waals surface area contributed by atoms with Gasteiger partial charge in [-0.1, -0.05) is 18.2 Å². The van der Waals surface area contributed by atoms with E-state index in [1.807, 2.05) is 16.8 Å². The fraction of sp³-hybridized carbons (Fsp3) is 0.500. The highest BCUT2D eigenvalue weighted by atomic mass is 16.8. The minimum absolute atomic E-state index is 0.0563. The molecule has 0 spiro atoms. The number of allylic oxidation sites excluding steroid dienone is 1. The zero-order chi connectivity index (χ0) is 27.8. The Balaban J connectivity index is 1.82. The van der Waals surface area contributed by atoms with E-state index in [-0.39, 0.29) is 12.0 Å². The van der Waals surface area contributed by atoms with Crippen molar-refractivity contribution in [2.75, 3.05) is 13.7 Å². The third-order valence-electron chi connectivity index (χ3n) is 6.40. The molecule has 4 N–H and O–H groups in total. The molecule has 38 heavy (non-hydrogen) atoms. The molecule has 0 unspecified atom stereocenters. The first kappa shape index (κ1) is 29.4. The van der Waals surface area contributed by atoms with Crippen LogP contribution in [0, 0.1) is 11.8 Å². The predicted molar refractivity (Wildman–Crippen MR) is 127 cm³/mol. The van der Waals surface area contributed by atoms with Crippen LogP contribution in [0.25, 0.3) is 6.08 Å². The Labute approximate surface area is 219 Å². The van der Waals surface area contributed by atoms with E-state index in [1.54, 1.807) is 24.4 Å². The number of rotatable bonds is 11. The first-order valence-corrected chi connectivity index (χ1v) is 12.1. The summed E-state index contributed by atoms with van der Waals surface area (Å²) in [5, 5.41) is 50.6. The minimum Gasteiger partial charge on any atom is -0.550 e. The number of hydrogen-bond acceptors (Lipinski definition) is 11. The summed E-state index contributed by atoms with van der Waals surface area (Å²) in [5.41, 5.74) is 0.950. The van der Waals surface area contributed by atoms with Crippen LogP contribution in [0.5, 0.6) is 0 Å². The number of carboxylic acid groups (broad SMARTS) is 1. The van der Waals surface area contributed by atoms with E-state index >= 15 is 0 Å². The van der Waals surface area contributed by atoms with E-state index in [0.717, 1.165) is 5.56 Å². The number of aliphatic hydroxyl groups excluding tert-OH is 4. The van der Waals surface area contributed by atoms with Gasteiger partial charge in [-0.3, -0.25) is 0 Å². The number of carbonyl (C=O) groups excluding carboxylic acids is 2. The molecule has 2 aliphatic rings. The fourth-order valence-corrected chi connectivity index (χ4v) is 4.31.